The Balaban J connectivity index is 1.26. The van der Waals surface area contributed by atoms with Crippen LogP contribution in [0.1, 0.15) is 70.6 Å². The number of carbonyl (C=O) groups excluding carboxylic acids is 2. The second-order valence-corrected chi connectivity index (χ2v) is 11.9. The normalized spacial score (nSPS) is 13.7. The summed E-state index contributed by atoms with van der Waals surface area (Å²) in [5.74, 6) is 0.0608. The summed E-state index contributed by atoms with van der Waals surface area (Å²) in [5, 5.41) is 27.6. The van der Waals surface area contributed by atoms with E-state index in [1.54, 1.807) is 30.3 Å². The number of nitriles is 1. The van der Waals surface area contributed by atoms with Gasteiger partial charge in [-0.15, -0.1) is 5.10 Å². The van der Waals surface area contributed by atoms with Crippen molar-refractivity contribution in [3.05, 3.63) is 88.5 Å². The van der Waals surface area contributed by atoms with Gasteiger partial charge in [-0.1, -0.05) is 60.0 Å². The molecule has 1 saturated carbocycles. The molecule has 15 heteroatoms. The molecule has 0 aliphatic heterocycles. The number of carbonyl (C=O) groups is 2. The van der Waals surface area contributed by atoms with Gasteiger partial charge in [-0.25, -0.2) is 9.78 Å². The number of alkyl halides is 3. The number of nitrogens with one attached hydrogen (secondary N) is 3. The van der Waals surface area contributed by atoms with E-state index < -0.39 is 29.2 Å². The standard InChI is InChI=1S/C31H26F3N9O2S/c32-31(33,34)24-15-25-26(14-22(24)16-35)46-29(36-25)38-30(45)43(23-12-10-20(11-13-23)19-4-2-1-3-5-19)17-18-6-8-21(9-7-18)27(44)37-28-39-41-42-40-28/h6-15,19H,1-5,17H2,(H,36,38,45)(H2,37,39,40,41,42,44). The summed E-state index contributed by atoms with van der Waals surface area (Å²) in [4.78, 5) is 32.0. The molecule has 6 rings (SSSR count). The van der Waals surface area contributed by atoms with Crippen LogP contribution >= 0.6 is 11.3 Å². The van der Waals surface area contributed by atoms with Crippen LogP contribution in [-0.2, 0) is 12.7 Å². The number of fused-ring (bicyclic) bond motifs is 1. The first kappa shape index (κ1) is 30.7. The summed E-state index contributed by atoms with van der Waals surface area (Å²) in [6.45, 7) is 0.114. The van der Waals surface area contributed by atoms with Gasteiger partial charge in [-0.2, -0.15) is 23.6 Å². The fourth-order valence-corrected chi connectivity index (χ4v) is 6.37. The van der Waals surface area contributed by atoms with Crippen molar-refractivity contribution in [2.45, 2.75) is 50.7 Å². The van der Waals surface area contributed by atoms with Crippen LogP contribution in [0, 0.1) is 11.3 Å². The minimum absolute atomic E-state index is 0.0182. The number of rotatable bonds is 7. The molecule has 0 spiro atoms. The smallest absolute Gasteiger partial charge is 0.290 e. The van der Waals surface area contributed by atoms with E-state index in [4.69, 9.17) is 0 Å². The molecule has 1 aliphatic rings. The van der Waals surface area contributed by atoms with Gasteiger partial charge in [0.2, 0.25) is 0 Å². The van der Waals surface area contributed by atoms with Crippen LogP contribution in [0.25, 0.3) is 10.2 Å². The number of benzene rings is 3. The van der Waals surface area contributed by atoms with Gasteiger partial charge in [0.1, 0.15) is 0 Å². The Kier molecular flexibility index (Phi) is 8.62. The van der Waals surface area contributed by atoms with Gasteiger partial charge in [-0.3, -0.25) is 20.3 Å². The summed E-state index contributed by atoms with van der Waals surface area (Å²) >= 11 is 0.972. The predicted octanol–water partition coefficient (Wildman–Crippen LogP) is 7.24. The number of halogens is 3. The molecule has 2 aromatic heterocycles. The number of urea groups is 1. The van der Waals surface area contributed by atoms with E-state index in [9.17, 15) is 28.0 Å². The summed E-state index contributed by atoms with van der Waals surface area (Å²) in [5.41, 5.74) is 1.27. The molecule has 5 aromatic rings. The number of aromatic amines is 1. The first-order valence-corrected chi connectivity index (χ1v) is 15.2. The highest BCUT2D eigenvalue weighted by atomic mass is 32.1. The third-order valence-electron chi connectivity index (χ3n) is 7.82. The van der Waals surface area contributed by atoms with Gasteiger partial charge in [0.15, 0.2) is 5.13 Å². The number of tetrazole rings is 1. The van der Waals surface area contributed by atoms with Gasteiger partial charge < -0.3 is 0 Å². The van der Waals surface area contributed by atoms with Crippen molar-refractivity contribution in [1.29, 1.82) is 5.26 Å². The second kappa shape index (κ2) is 12.9. The van der Waals surface area contributed by atoms with E-state index in [0.29, 0.717) is 27.4 Å². The van der Waals surface area contributed by atoms with Crippen LogP contribution in [0.15, 0.2) is 60.7 Å². The van der Waals surface area contributed by atoms with E-state index >= 15 is 0 Å². The number of nitrogens with zero attached hydrogens (tertiary/aromatic N) is 6. The minimum atomic E-state index is -4.73. The third-order valence-corrected chi connectivity index (χ3v) is 8.76. The van der Waals surface area contributed by atoms with Crippen LogP contribution in [0.4, 0.5) is 34.7 Å². The lowest BCUT2D eigenvalue weighted by atomic mass is 9.84. The zero-order valence-corrected chi connectivity index (χ0v) is 25.0. The zero-order valence-electron chi connectivity index (χ0n) is 24.1. The Morgan fingerprint density at radius 3 is 2.41 bits per heavy atom. The molecule has 3 amide bonds. The van der Waals surface area contributed by atoms with Crippen molar-refractivity contribution in [2.24, 2.45) is 0 Å². The van der Waals surface area contributed by atoms with Crippen LogP contribution in [0.3, 0.4) is 0 Å². The number of aromatic nitrogens is 5. The first-order chi connectivity index (χ1) is 22.2. The van der Waals surface area contributed by atoms with Gasteiger partial charge in [0.05, 0.1) is 34.0 Å². The fourth-order valence-electron chi connectivity index (χ4n) is 5.49. The predicted molar refractivity (Wildman–Crippen MR) is 165 cm³/mol. The van der Waals surface area contributed by atoms with Crippen molar-refractivity contribution in [2.75, 3.05) is 15.5 Å². The van der Waals surface area contributed by atoms with Crippen LogP contribution < -0.4 is 15.5 Å². The molecule has 0 saturated heterocycles. The Morgan fingerprint density at radius 2 is 1.76 bits per heavy atom. The van der Waals surface area contributed by atoms with Crippen LogP contribution in [-0.4, -0.2) is 37.5 Å². The van der Waals surface area contributed by atoms with E-state index in [2.05, 4.69) is 36.2 Å². The lowest BCUT2D eigenvalue weighted by molar-refractivity contribution is -0.137. The van der Waals surface area contributed by atoms with Crippen molar-refractivity contribution < 1.29 is 22.8 Å². The molecule has 0 radical (unpaired) electrons. The summed E-state index contributed by atoms with van der Waals surface area (Å²) in [6.07, 6.45) is 1.13. The summed E-state index contributed by atoms with van der Waals surface area (Å²) in [6, 6.07) is 17.4. The van der Waals surface area contributed by atoms with Gasteiger partial charge in [0.25, 0.3) is 11.9 Å². The average Bonchev–Trinajstić information content (AvgIpc) is 3.72. The minimum Gasteiger partial charge on any atom is -0.290 e. The van der Waals surface area contributed by atoms with Crippen molar-refractivity contribution in [3.63, 3.8) is 0 Å². The highest BCUT2D eigenvalue weighted by Gasteiger charge is 2.34. The highest BCUT2D eigenvalue weighted by Crippen LogP contribution is 2.37. The van der Waals surface area contributed by atoms with Gasteiger partial charge >= 0.3 is 12.2 Å². The molecule has 0 unspecified atom stereocenters. The molecule has 3 N–H and O–H groups in total. The van der Waals surface area contributed by atoms with Crippen LogP contribution in [0.2, 0.25) is 0 Å². The molecule has 1 fully saturated rings. The van der Waals surface area contributed by atoms with Gasteiger partial charge in [0, 0.05) is 11.3 Å². The molecule has 46 heavy (non-hydrogen) atoms. The highest BCUT2D eigenvalue weighted by molar-refractivity contribution is 7.22. The number of hydrogen-bond acceptors (Lipinski definition) is 8. The maximum Gasteiger partial charge on any atom is 0.417 e. The molecular weight excluding hydrogens is 619 g/mol. The SMILES string of the molecule is N#Cc1cc2sc(NC(=O)N(Cc3ccc(C(=O)Nc4nn[nH]n4)cc3)c3ccc(C4CCCCC4)cc3)nc2cc1C(F)(F)F. The largest absolute Gasteiger partial charge is 0.417 e. The number of amides is 3. The van der Waals surface area contributed by atoms with Crippen molar-refractivity contribution >= 4 is 50.3 Å². The lowest BCUT2D eigenvalue weighted by Gasteiger charge is -2.25. The van der Waals surface area contributed by atoms with E-state index in [1.807, 2.05) is 24.3 Å². The third kappa shape index (κ3) is 6.81. The molecule has 234 valence electrons. The molecule has 2 heterocycles. The molecule has 0 bridgehead atoms. The van der Waals surface area contributed by atoms with Crippen LogP contribution in [0.5, 0.6) is 0 Å². The molecule has 11 nitrogen and oxygen atoms in total. The van der Waals surface area contributed by atoms with Crippen molar-refractivity contribution in [3.8, 4) is 6.07 Å². The maximum atomic E-state index is 13.7. The lowest BCUT2D eigenvalue weighted by Crippen LogP contribution is -2.34. The number of anilines is 3. The quantitative estimate of drug-likeness (QED) is 0.169. The van der Waals surface area contributed by atoms with E-state index in [0.717, 1.165) is 36.3 Å². The van der Waals surface area contributed by atoms with E-state index in [1.165, 1.54) is 29.7 Å². The Bertz CT molecular complexity index is 1900. The number of thiazole rings is 1. The Hall–Kier alpha value is -5.36. The number of H-pyrrole nitrogens is 1. The Labute approximate surface area is 264 Å². The summed E-state index contributed by atoms with van der Waals surface area (Å²) in [7, 11) is 0. The van der Waals surface area contributed by atoms with Crippen molar-refractivity contribution in [1.82, 2.24) is 25.6 Å². The molecular formula is C31H26F3N9O2S. The molecule has 3 aromatic carbocycles. The van der Waals surface area contributed by atoms with E-state index in [-0.39, 0.29) is 23.1 Å². The topological polar surface area (TPSA) is 153 Å². The molecule has 1 aliphatic carbocycles. The van der Waals surface area contributed by atoms with Gasteiger partial charge in [-0.05, 0) is 71.5 Å². The zero-order chi connectivity index (χ0) is 32.3. The summed E-state index contributed by atoms with van der Waals surface area (Å²) < 4.78 is 40.8. The maximum absolute atomic E-state index is 13.7. The Morgan fingerprint density at radius 1 is 1.02 bits per heavy atom. The number of hydrogen-bond donors (Lipinski definition) is 3. The first-order valence-electron chi connectivity index (χ1n) is 14.4. The second-order valence-electron chi connectivity index (χ2n) is 10.8. The fraction of sp³-hybridized carbons (Fsp3) is 0.258. The average molecular weight is 646 g/mol. The monoisotopic (exact) mass is 645 g/mol. The molecule has 0 atom stereocenters.